The highest BCUT2D eigenvalue weighted by molar-refractivity contribution is 8.14. The van der Waals surface area contributed by atoms with E-state index in [0.29, 0.717) is 5.56 Å². The maximum absolute atomic E-state index is 12.1. The summed E-state index contributed by atoms with van der Waals surface area (Å²) in [5, 5.41) is 2.23. The quantitative estimate of drug-likeness (QED) is 0.757. The number of thioether (sulfide) groups is 1. The number of ether oxygens (including phenoxy) is 1. The number of rotatable bonds is 6. The zero-order chi connectivity index (χ0) is 18.5. The smallest absolute Gasteiger partial charge is 0.338 e. The van der Waals surface area contributed by atoms with Gasteiger partial charge < -0.3 is 10.1 Å². The zero-order valence-electron chi connectivity index (χ0n) is 14.3. The lowest BCUT2D eigenvalue weighted by molar-refractivity contribution is -0.126. The number of benzene rings is 1. The third-order valence-electron chi connectivity index (χ3n) is 4.42. The van der Waals surface area contributed by atoms with Gasteiger partial charge in [0, 0.05) is 13.1 Å². The molecule has 0 saturated carbocycles. The molecule has 0 spiro atoms. The van der Waals surface area contributed by atoms with Crippen LogP contribution in [0.3, 0.4) is 0 Å². The number of nitrogens with zero attached hydrogens (tertiary/aromatic N) is 1. The van der Waals surface area contributed by atoms with Gasteiger partial charge in [-0.3, -0.25) is 19.3 Å². The highest BCUT2D eigenvalue weighted by Crippen LogP contribution is 2.22. The van der Waals surface area contributed by atoms with E-state index in [-0.39, 0.29) is 30.0 Å². The van der Waals surface area contributed by atoms with Crippen LogP contribution in [0.2, 0.25) is 0 Å². The van der Waals surface area contributed by atoms with Crippen molar-refractivity contribution < 1.29 is 23.9 Å². The van der Waals surface area contributed by atoms with E-state index in [9.17, 15) is 19.2 Å². The maximum atomic E-state index is 12.1. The summed E-state index contributed by atoms with van der Waals surface area (Å²) >= 11 is 0.949. The monoisotopic (exact) mass is 376 g/mol. The minimum atomic E-state index is -0.533. The summed E-state index contributed by atoms with van der Waals surface area (Å²) in [7, 11) is 0. The van der Waals surface area contributed by atoms with Crippen LogP contribution in [0.4, 0.5) is 4.79 Å². The molecule has 26 heavy (non-hydrogen) atoms. The van der Waals surface area contributed by atoms with Crippen LogP contribution in [0.5, 0.6) is 0 Å². The van der Waals surface area contributed by atoms with Gasteiger partial charge in [-0.1, -0.05) is 17.8 Å². The first-order valence-corrected chi connectivity index (χ1v) is 9.56. The predicted octanol–water partition coefficient (Wildman–Crippen LogP) is 1.53. The van der Waals surface area contributed by atoms with Gasteiger partial charge in [-0.15, -0.1) is 0 Å². The molecule has 1 aliphatic heterocycles. The van der Waals surface area contributed by atoms with Crippen LogP contribution >= 0.6 is 11.8 Å². The second-order valence-electron chi connectivity index (χ2n) is 6.22. The Balaban J connectivity index is 1.42. The van der Waals surface area contributed by atoms with Gasteiger partial charge in [-0.05, 0) is 48.9 Å². The molecule has 1 heterocycles. The molecular formula is C18H20N2O5S. The Hall–Kier alpha value is -2.35. The van der Waals surface area contributed by atoms with Crippen LogP contribution in [0.15, 0.2) is 18.2 Å². The summed E-state index contributed by atoms with van der Waals surface area (Å²) in [4.78, 5) is 47.8. The zero-order valence-corrected chi connectivity index (χ0v) is 15.1. The van der Waals surface area contributed by atoms with E-state index >= 15 is 0 Å². The highest BCUT2D eigenvalue weighted by atomic mass is 32.2. The predicted molar refractivity (Wildman–Crippen MR) is 95.9 cm³/mol. The number of carbonyl (C=O) groups is 4. The summed E-state index contributed by atoms with van der Waals surface area (Å²) in [5.41, 5.74) is 2.89. The lowest BCUT2D eigenvalue weighted by Gasteiger charge is -2.16. The van der Waals surface area contributed by atoms with Gasteiger partial charge in [0.15, 0.2) is 6.61 Å². The number of aryl methyl sites for hydroxylation is 2. The Labute approximate surface area is 155 Å². The second kappa shape index (κ2) is 8.35. The van der Waals surface area contributed by atoms with Crippen molar-refractivity contribution >= 4 is 34.8 Å². The van der Waals surface area contributed by atoms with Crippen molar-refractivity contribution in [2.24, 2.45) is 0 Å². The van der Waals surface area contributed by atoms with E-state index in [1.165, 1.54) is 17.5 Å². The first-order chi connectivity index (χ1) is 12.5. The molecule has 8 heteroatoms. The summed E-state index contributed by atoms with van der Waals surface area (Å²) < 4.78 is 5.04. The fourth-order valence-corrected chi connectivity index (χ4v) is 3.78. The van der Waals surface area contributed by atoms with Gasteiger partial charge >= 0.3 is 5.97 Å². The Morgan fingerprint density at radius 2 is 1.92 bits per heavy atom. The maximum Gasteiger partial charge on any atom is 0.338 e. The molecule has 3 amide bonds. The van der Waals surface area contributed by atoms with Crippen molar-refractivity contribution in [1.29, 1.82) is 0 Å². The molecule has 7 nitrogen and oxygen atoms in total. The second-order valence-corrected chi connectivity index (χ2v) is 7.14. The number of esters is 1. The van der Waals surface area contributed by atoms with E-state index in [1.54, 1.807) is 6.07 Å². The minimum absolute atomic E-state index is 0.120. The third kappa shape index (κ3) is 4.43. The SMILES string of the molecule is O=C(COC(=O)c1ccc2c(c1)CCCC2)NCCN1C(=O)CSC1=O. The molecular weight excluding hydrogens is 356 g/mol. The van der Waals surface area contributed by atoms with Crippen molar-refractivity contribution in [3.05, 3.63) is 34.9 Å². The van der Waals surface area contributed by atoms with Crippen LogP contribution in [0, 0.1) is 0 Å². The van der Waals surface area contributed by atoms with Gasteiger partial charge in [0.25, 0.3) is 11.1 Å². The third-order valence-corrected chi connectivity index (χ3v) is 5.28. The average molecular weight is 376 g/mol. The van der Waals surface area contributed by atoms with E-state index in [4.69, 9.17) is 4.74 Å². The number of amides is 3. The number of nitrogens with one attached hydrogen (secondary N) is 1. The fraction of sp³-hybridized carbons (Fsp3) is 0.444. The molecule has 0 unspecified atom stereocenters. The first kappa shape index (κ1) is 18.4. The number of carbonyl (C=O) groups excluding carboxylic acids is 4. The summed E-state index contributed by atoms with van der Waals surface area (Å²) in [6.07, 6.45) is 4.29. The lowest BCUT2D eigenvalue weighted by Crippen LogP contribution is -2.38. The molecule has 1 fully saturated rings. The van der Waals surface area contributed by atoms with Gasteiger partial charge in [0.1, 0.15) is 0 Å². The van der Waals surface area contributed by atoms with Gasteiger partial charge in [-0.25, -0.2) is 4.79 Å². The van der Waals surface area contributed by atoms with E-state index in [1.807, 2.05) is 12.1 Å². The Morgan fingerprint density at radius 3 is 2.65 bits per heavy atom. The van der Waals surface area contributed by atoms with E-state index < -0.39 is 18.5 Å². The molecule has 1 aromatic rings. The van der Waals surface area contributed by atoms with Crippen LogP contribution in [0.25, 0.3) is 0 Å². The molecule has 0 radical (unpaired) electrons. The topological polar surface area (TPSA) is 92.8 Å². The Morgan fingerprint density at radius 1 is 1.15 bits per heavy atom. The largest absolute Gasteiger partial charge is 0.452 e. The lowest BCUT2D eigenvalue weighted by atomic mass is 9.90. The molecule has 1 saturated heterocycles. The average Bonchev–Trinajstić information content (AvgIpc) is 2.97. The number of hydrogen-bond acceptors (Lipinski definition) is 6. The molecule has 1 aliphatic carbocycles. The van der Waals surface area contributed by atoms with Gasteiger partial charge in [0.05, 0.1) is 11.3 Å². The minimum Gasteiger partial charge on any atom is -0.452 e. The molecule has 138 valence electrons. The number of fused-ring (bicyclic) bond motifs is 1. The normalized spacial score (nSPS) is 16.4. The fourth-order valence-electron chi connectivity index (χ4n) is 3.03. The van der Waals surface area contributed by atoms with Crippen molar-refractivity contribution in [1.82, 2.24) is 10.2 Å². The summed E-state index contributed by atoms with van der Waals surface area (Å²) in [6, 6.07) is 5.52. The molecule has 0 bridgehead atoms. The van der Waals surface area contributed by atoms with Crippen LogP contribution in [0.1, 0.15) is 34.3 Å². The van der Waals surface area contributed by atoms with Crippen LogP contribution in [-0.2, 0) is 27.2 Å². The molecule has 0 atom stereocenters. The number of hydrogen-bond donors (Lipinski definition) is 1. The molecule has 2 aliphatic rings. The Kier molecular flexibility index (Phi) is 5.92. The number of imide groups is 1. The van der Waals surface area contributed by atoms with Crippen LogP contribution < -0.4 is 5.32 Å². The van der Waals surface area contributed by atoms with Crippen molar-refractivity contribution in [2.45, 2.75) is 25.7 Å². The van der Waals surface area contributed by atoms with Crippen molar-refractivity contribution in [2.75, 3.05) is 25.4 Å². The standard InChI is InChI=1S/C18H20N2O5S/c21-15(19-7-8-20-16(22)11-26-18(20)24)10-25-17(23)14-6-5-12-3-1-2-4-13(12)9-14/h5-6,9H,1-4,7-8,10-11H2,(H,19,21). The molecule has 3 rings (SSSR count). The van der Waals surface area contributed by atoms with Crippen molar-refractivity contribution in [3.63, 3.8) is 0 Å². The van der Waals surface area contributed by atoms with E-state index in [0.717, 1.165) is 35.9 Å². The highest BCUT2D eigenvalue weighted by Gasteiger charge is 2.29. The van der Waals surface area contributed by atoms with E-state index in [2.05, 4.69) is 5.32 Å². The molecule has 1 N–H and O–H groups in total. The summed E-state index contributed by atoms with van der Waals surface area (Å²) in [5.74, 6) is -1.11. The summed E-state index contributed by atoms with van der Waals surface area (Å²) in [6.45, 7) is -0.144. The van der Waals surface area contributed by atoms with Crippen LogP contribution in [-0.4, -0.2) is 53.4 Å². The molecule has 1 aromatic carbocycles. The van der Waals surface area contributed by atoms with Crippen molar-refractivity contribution in [3.8, 4) is 0 Å². The Bertz CT molecular complexity index is 733. The molecule has 0 aromatic heterocycles. The first-order valence-electron chi connectivity index (χ1n) is 8.57. The van der Waals surface area contributed by atoms with Gasteiger partial charge in [-0.2, -0.15) is 0 Å². The van der Waals surface area contributed by atoms with Gasteiger partial charge in [0.2, 0.25) is 5.91 Å².